The predicted molar refractivity (Wildman–Crippen MR) is 69.5 cm³/mol. The molecule has 0 aliphatic carbocycles. The highest BCUT2D eigenvalue weighted by atomic mass is 35.5. The molecule has 0 N–H and O–H groups in total. The number of hydrogen-bond acceptors (Lipinski definition) is 0. The van der Waals surface area contributed by atoms with Crippen molar-refractivity contribution in [1.29, 1.82) is 0 Å². The van der Waals surface area contributed by atoms with Gasteiger partial charge < -0.3 is 0 Å². The maximum atomic E-state index is 6.35. The van der Waals surface area contributed by atoms with E-state index in [1.54, 1.807) is 0 Å². The Hall–Kier alpha value is 0.0669. The molecule has 0 fully saturated rings. The fourth-order valence-corrected chi connectivity index (χ4v) is 8.26. The normalized spacial score (nSPS) is 13.6. The third kappa shape index (κ3) is 3.67. The van der Waals surface area contributed by atoms with E-state index in [0.717, 1.165) is 0 Å². The molecule has 0 aliphatic rings. The van der Waals surface area contributed by atoms with Gasteiger partial charge in [-0.25, -0.2) is 0 Å². The predicted octanol–water partition coefficient (Wildman–Crippen LogP) is 4.45. The van der Waals surface area contributed by atoms with Crippen molar-refractivity contribution in [3.63, 3.8) is 0 Å². The molecule has 0 aromatic carbocycles. The van der Waals surface area contributed by atoms with Gasteiger partial charge >= 0.3 is 0 Å². The molecule has 0 aromatic heterocycles. The second-order valence-electron chi connectivity index (χ2n) is 4.14. The van der Waals surface area contributed by atoms with Crippen LogP contribution >= 0.6 is 11.6 Å². The van der Waals surface area contributed by atoms with Gasteiger partial charge in [0.1, 0.15) is 0 Å². The zero-order chi connectivity index (χ0) is 11.0. The summed E-state index contributed by atoms with van der Waals surface area (Å²) >= 11 is 6.35. The van der Waals surface area contributed by atoms with Gasteiger partial charge in [-0.3, -0.25) is 0 Å². The first-order chi connectivity index (χ1) is 6.66. The summed E-state index contributed by atoms with van der Waals surface area (Å²) in [4.78, 5) is 0. The lowest BCUT2D eigenvalue weighted by molar-refractivity contribution is 0.914. The van der Waals surface area contributed by atoms with Gasteiger partial charge in [0.15, 0.2) is 0 Å². The quantitative estimate of drug-likeness (QED) is 0.345. The molecule has 0 aliphatic heterocycles. The topological polar surface area (TPSA) is 0 Å². The number of terminal acetylenes is 1. The summed E-state index contributed by atoms with van der Waals surface area (Å²) in [5.74, 6) is 2.79. The molecule has 0 aromatic rings. The minimum Gasteiger partial charge on any atom is -0.119 e. The average molecular weight is 231 g/mol. The fourth-order valence-electron chi connectivity index (χ4n) is 2.43. The van der Waals surface area contributed by atoms with Crippen LogP contribution in [0, 0.1) is 12.3 Å². The lowest BCUT2D eigenvalue weighted by Gasteiger charge is -2.33. The third-order valence-electron chi connectivity index (χ3n) is 2.93. The molecule has 2 heteroatoms. The van der Waals surface area contributed by atoms with Crippen LogP contribution in [0.1, 0.15) is 40.0 Å². The monoisotopic (exact) mass is 230 g/mol. The van der Waals surface area contributed by atoms with Crippen molar-refractivity contribution in [1.82, 2.24) is 0 Å². The first kappa shape index (κ1) is 14.1. The second-order valence-corrected chi connectivity index (χ2v) is 9.75. The van der Waals surface area contributed by atoms with E-state index in [0.29, 0.717) is 0 Å². The van der Waals surface area contributed by atoms with Crippen LogP contribution in [0.5, 0.6) is 0 Å². The highest BCUT2D eigenvalue weighted by Gasteiger charge is 2.36. The van der Waals surface area contributed by atoms with Crippen molar-refractivity contribution in [2.24, 2.45) is 0 Å². The number of alkyl halides is 1. The Morgan fingerprint density at radius 3 is 1.64 bits per heavy atom. The highest BCUT2D eigenvalue weighted by Crippen LogP contribution is 2.32. The fraction of sp³-hybridized carbons (Fsp3) is 0.833. The first-order valence-corrected chi connectivity index (χ1v) is 8.90. The summed E-state index contributed by atoms with van der Waals surface area (Å²) in [6, 6.07) is 3.90. The maximum absolute atomic E-state index is 6.35. The van der Waals surface area contributed by atoms with Gasteiger partial charge in [-0.15, -0.1) is 18.0 Å². The van der Waals surface area contributed by atoms with Crippen LogP contribution in [0.4, 0.5) is 0 Å². The third-order valence-corrected chi connectivity index (χ3v) is 10.2. The Kier molecular flexibility index (Phi) is 7.41. The van der Waals surface area contributed by atoms with Crippen LogP contribution in [0.25, 0.3) is 0 Å². The smallest absolute Gasteiger partial charge is 0.0892 e. The van der Waals surface area contributed by atoms with Crippen molar-refractivity contribution in [3.8, 4) is 12.3 Å². The van der Waals surface area contributed by atoms with Gasteiger partial charge in [-0.1, -0.05) is 64.1 Å². The molecule has 0 rings (SSSR count). The van der Waals surface area contributed by atoms with E-state index in [4.69, 9.17) is 18.0 Å². The molecule has 0 amide bonds. The maximum Gasteiger partial charge on any atom is 0.0892 e. The first-order valence-electron chi connectivity index (χ1n) is 5.77. The number of halogens is 1. The zero-order valence-corrected chi connectivity index (χ0v) is 11.5. The highest BCUT2D eigenvalue weighted by molar-refractivity contribution is 6.87. The number of hydrogen-bond donors (Lipinski definition) is 0. The van der Waals surface area contributed by atoms with Crippen LogP contribution in [0.3, 0.4) is 0 Å². The van der Waals surface area contributed by atoms with Crippen molar-refractivity contribution in [3.05, 3.63) is 0 Å². The van der Waals surface area contributed by atoms with Gasteiger partial charge in [0, 0.05) is 0 Å². The minimum absolute atomic E-state index is 0.0438. The largest absolute Gasteiger partial charge is 0.119 e. The van der Waals surface area contributed by atoms with E-state index in [2.05, 4.69) is 26.7 Å². The van der Waals surface area contributed by atoms with Gasteiger partial charge in [-0.05, 0) is 0 Å². The van der Waals surface area contributed by atoms with Crippen LogP contribution in [0.2, 0.25) is 18.1 Å². The van der Waals surface area contributed by atoms with E-state index in [1.807, 2.05) is 0 Å². The summed E-state index contributed by atoms with van der Waals surface area (Å²) in [6.07, 6.45) is 9.20. The second kappa shape index (κ2) is 7.37. The lowest BCUT2D eigenvalue weighted by atomic mass is 10.5. The van der Waals surface area contributed by atoms with Crippen molar-refractivity contribution < 1.29 is 0 Å². The van der Waals surface area contributed by atoms with E-state index in [9.17, 15) is 0 Å². The molecule has 0 radical (unpaired) electrons. The summed E-state index contributed by atoms with van der Waals surface area (Å²) in [5.41, 5.74) is 0. The van der Waals surface area contributed by atoms with Crippen LogP contribution < -0.4 is 0 Å². The Morgan fingerprint density at radius 1 is 1.07 bits per heavy atom. The summed E-state index contributed by atoms with van der Waals surface area (Å²) in [6.45, 7) is 6.73. The Labute approximate surface area is 95.4 Å². The van der Waals surface area contributed by atoms with Gasteiger partial charge in [0.2, 0.25) is 0 Å². The van der Waals surface area contributed by atoms with E-state index >= 15 is 0 Å². The molecule has 0 saturated heterocycles. The standard InChI is InChI=1S/C12H23ClSi/c1-5-9-14(10-6-2,11-7-3)12(13)8-4/h4,12H,5-7,9-11H2,1-3H3. The Balaban J connectivity index is 4.64. The summed E-state index contributed by atoms with van der Waals surface area (Å²) in [7, 11) is -1.37. The molecule has 1 atom stereocenters. The molecular formula is C12H23ClSi. The Morgan fingerprint density at radius 2 is 1.43 bits per heavy atom. The molecule has 82 valence electrons. The van der Waals surface area contributed by atoms with Gasteiger partial charge in [-0.2, -0.15) is 0 Å². The molecule has 0 saturated carbocycles. The minimum atomic E-state index is -1.37. The SMILES string of the molecule is C#CC(Cl)[Si](CCC)(CCC)CCC. The molecule has 0 nitrogen and oxygen atoms in total. The molecule has 0 bridgehead atoms. The molecule has 0 spiro atoms. The Bertz CT molecular complexity index is 166. The average Bonchev–Trinajstić information content (AvgIpc) is 2.17. The van der Waals surface area contributed by atoms with Crippen molar-refractivity contribution >= 4 is 19.7 Å². The van der Waals surface area contributed by atoms with Crippen LogP contribution in [-0.4, -0.2) is 13.1 Å². The van der Waals surface area contributed by atoms with Gasteiger partial charge in [0.25, 0.3) is 0 Å². The molecule has 14 heavy (non-hydrogen) atoms. The van der Waals surface area contributed by atoms with Crippen molar-refractivity contribution in [2.45, 2.75) is 63.2 Å². The summed E-state index contributed by atoms with van der Waals surface area (Å²) < 4.78 is 0. The van der Waals surface area contributed by atoms with Crippen LogP contribution in [0.15, 0.2) is 0 Å². The van der Waals surface area contributed by atoms with Gasteiger partial charge in [0.05, 0.1) is 13.1 Å². The molecule has 0 heterocycles. The van der Waals surface area contributed by atoms with E-state index in [-0.39, 0.29) is 5.00 Å². The van der Waals surface area contributed by atoms with Crippen LogP contribution in [-0.2, 0) is 0 Å². The zero-order valence-electron chi connectivity index (χ0n) is 9.78. The van der Waals surface area contributed by atoms with Crippen molar-refractivity contribution in [2.75, 3.05) is 0 Å². The summed E-state index contributed by atoms with van der Waals surface area (Å²) in [5, 5.41) is 0.0438. The van der Waals surface area contributed by atoms with E-state index < -0.39 is 8.07 Å². The molecule has 1 unspecified atom stereocenters. The molecular weight excluding hydrogens is 208 g/mol. The number of rotatable bonds is 7. The lowest BCUT2D eigenvalue weighted by Crippen LogP contribution is -2.43. The van der Waals surface area contributed by atoms with E-state index in [1.165, 1.54) is 37.4 Å².